The van der Waals surface area contributed by atoms with E-state index in [0.29, 0.717) is 10.8 Å². The van der Waals surface area contributed by atoms with E-state index in [9.17, 15) is 0 Å². The van der Waals surface area contributed by atoms with Crippen LogP contribution in [0.2, 0.25) is 0 Å². The molecule has 1 aliphatic heterocycles. The van der Waals surface area contributed by atoms with Crippen LogP contribution in [0.1, 0.15) is 40.0 Å². The second kappa shape index (κ2) is 3.41. The number of likely N-dealkylation sites (tertiary alicyclic amines) is 1. The molecule has 0 aromatic carbocycles. The van der Waals surface area contributed by atoms with Gasteiger partial charge in [-0.25, -0.2) is 0 Å². The maximum atomic E-state index is 4.35. The first-order chi connectivity index (χ1) is 6.44. The highest BCUT2D eigenvalue weighted by Crippen LogP contribution is 2.52. The van der Waals surface area contributed by atoms with Gasteiger partial charge in [0, 0.05) is 24.9 Å². The molecule has 1 saturated heterocycles. The molecule has 2 unspecified atom stereocenters. The molecule has 2 heteroatoms. The van der Waals surface area contributed by atoms with Gasteiger partial charge >= 0.3 is 0 Å². The number of fused-ring (bicyclic) bond motifs is 2. The molecule has 2 bridgehead atoms. The Labute approximate surface area is 93.7 Å². The predicted molar refractivity (Wildman–Crippen MR) is 65.0 cm³/mol. The van der Waals surface area contributed by atoms with Crippen LogP contribution in [0.5, 0.6) is 0 Å². The lowest BCUT2D eigenvalue weighted by molar-refractivity contribution is 0.128. The Kier molecular flexibility index (Phi) is 2.64. The minimum Gasteiger partial charge on any atom is -0.299 e. The summed E-state index contributed by atoms with van der Waals surface area (Å²) in [7, 11) is 0. The second-order valence-corrected chi connectivity index (χ2v) is 6.86. The summed E-state index contributed by atoms with van der Waals surface area (Å²) < 4.78 is 0. The van der Waals surface area contributed by atoms with Crippen LogP contribution in [-0.2, 0) is 0 Å². The third-order valence-electron chi connectivity index (χ3n) is 3.91. The largest absolute Gasteiger partial charge is 0.299 e. The van der Waals surface area contributed by atoms with Crippen molar-refractivity contribution >= 4 is 12.6 Å². The summed E-state index contributed by atoms with van der Waals surface area (Å²) in [6, 6.07) is 0.843. The predicted octanol–water partition coefficient (Wildman–Crippen LogP) is 2.82. The van der Waals surface area contributed by atoms with E-state index < -0.39 is 0 Å². The molecular formula is C12H23NS. The maximum Gasteiger partial charge on any atom is 0.0107 e. The minimum absolute atomic E-state index is 0.559. The maximum absolute atomic E-state index is 4.35. The van der Waals surface area contributed by atoms with Crippen LogP contribution < -0.4 is 0 Å². The van der Waals surface area contributed by atoms with Crippen LogP contribution in [0, 0.1) is 10.8 Å². The van der Waals surface area contributed by atoms with Gasteiger partial charge < -0.3 is 0 Å². The molecule has 0 aromatic heterocycles. The molecule has 0 radical (unpaired) electrons. The number of hydrogen-bond acceptors (Lipinski definition) is 2. The molecule has 0 N–H and O–H groups in total. The first-order valence-corrected chi connectivity index (χ1v) is 6.42. The van der Waals surface area contributed by atoms with Gasteiger partial charge in [0.15, 0.2) is 0 Å². The fraction of sp³-hybridized carbons (Fsp3) is 1.00. The van der Waals surface area contributed by atoms with E-state index in [0.717, 1.165) is 11.8 Å². The van der Waals surface area contributed by atoms with Crippen molar-refractivity contribution < 1.29 is 0 Å². The van der Waals surface area contributed by atoms with Crippen molar-refractivity contribution in [3.8, 4) is 0 Å². The highest BCUT2D eigenvalue weighted by atomic mass is 32.1. The summed E-state index contributed by atoms with van der Waals surface area (Å²) >= 11 is 4.35. The molecule has 1 nitrogen and oxygen atoms in total. The Hall–Kier alpha value is 0.310. The van der Waals surface area contributed by atoms with Gasteiger partial charge in [-0.1, -0.05) is 20.8 Å². The molecule has 1 heterocycles. The zero-order chi connectivity index (χ0) is 10.4. The third-order valence-corrected chi connectivity index (χ3v) is 4.11. The van der Waals surface area contributed by atoms with Gasteiger partial charge in [-0.3, -0.25) is 4.90 Å². The highest BCUT2D eigenvalue weighted by molar-refractivity contribution is 7.80. The number of hydrogen-bond donors (Lipinski definition) is 1. The average molecular weight is 213 g/mol. The molecule has 0 spiro atoms. The molecule has 2 fully saturated rings. The molecular weight excluding hydrogens is 190 g/mol. The van der Waals surface area contributed by atoms with Crippen LogP contribution in [0.15, 0.2) is 0 Å². The van der Waals surface area contributed by atoms with Crippen LogP contribution >= 0.6 is 12.6 Å². The zero-order valence-electron chi connectivity index (χ0n) is 9.71. The monoisotopic (exact) mass is 213 g/mol. The van der Waals surface area contributed by atoms with Crippen LogP contribution in [0.4, 0.5) is 0 Å². The van der Waals surface area contributed by atoms with Crippen molar-refractivity contribution in [2.24, 2.45) is 10.8 Å². The molecule has 1 saturated carbocycles. The van der Waals surface area contributed by atoms with Gasteiger partial charge in [-0.15, -0.1) is 0 Å². The highest BCUT2D eigenvalue weighted by Gasteiger charge is 2.48. The molecule has 2 rings (SSSR count). The molecule has 2 aliphatic rings. The summed E-state index contributed by atoms with van der Waals surface area (Å²) in [6.07, 6.45) is 4.21. The molecule has 1 aliphatic carbocycles. The van der Waals surface area contributed by atoms with Crippen LogP contribution in [0.3, 0.4) is 0 Å². The van der Waals surface area contributed by atoms with E-state index in [1.165, 1.54) is 32.4 Å². The van der Waals surface area contributed by atoms with E-state index in [-0.39, 0.29) is 0 Å². The Morgan fingerprint density at radius 1 is 1.29 bits per heavy atom. The van der Waals surface area contributed by atoms with E-state index in [1.807, 2.05) is 0 Å². The second-order valence-electron chi connectivity index (χ2n) is 6.41. The molecule has 82 valence electrons. The molecule has 2 atom stereocenters. The summed E-state index contributed by atoms with van der Waals surface area (Å²) in [6.45, 7) is 9.82. The van der Waals surface area contributed by atoms with Gasteiger partial charge in [0.2, 0.25) is 0 Å². The van der Waals surface area contributed by atoms with Gasteiger partial charge in [-0.2, -0.15) is 12.6 Å². The number of thiol groups is 1. The van der Waals surface area contributed by atoms with Crippen molar-refractivity contribution in [1.82, 2.24) is 4.90 Å². The average Bonchev–Trinajstić information content (AvgIpc) is 2.20. The fourth-order valence-corrected chi connectivity index (χ4v) is 4.22. The smallest absolute Gasteiger partial charge is 0.0107 e. The van der Waals surface area contributed by atoms with E-state index in [2.05, 4.69) is 38.3 Å². The third kappa shape index (κ3) is 1.96. The van der Waals surface area contributed by atoms with Crippen molar-refractivity contribution in [3.63, 3.8) is 0 Å². The lowest BCUT2D eigenvalue weighted by Crippen LogP contribution is -2.35. The number of rotatable bonds is 2. The van der Waals surface area contributed by atoms with Crippen molar-refractivity contribution in [2.75, 3.05) is 18.8 Å². The molecule has 0 amide bonds. The van der Waals surface area contributed by atoms with Crippen molar-refractivity contribution in [1.29, 1.82) is 0 Å². The normalized spacial score (nSPS) is 41.6. The summed E-state index contributed by atoms with van der Waals surface area (Å²) in [5, 5.41) is 0. The lowest BCUT2D eigenvalue weighted by Gasteiger charge is -2.39. The standard InChI is InChI=1S/C12H23NS/c1-11(2)6-10-7-12(3,8-11)9-13(10)4-5-14/h10,14H,4-9H2,1-3H3. The topological polar surface area (TPSA) is 3.24 Å². The Balaban J connectivity index is 2.11. The lowest BCUT2D eigenvalue weighted by atomic mass is 9.65. The van der Waals surface area contributed by atoms with Crippen LogP contribution in [0.25, 0.3) is 0 Å². The quantitative estimate of drug-likeness (QED) is 0.690. The zero-order valence-corrected chi connectivity index (χ0v) is 10.6. The molecule has 0 aromatic rings. The van der Waals surface area contributed by atoms with Crippen molar-refractivity contribution in [2.45, 2.75) is 46.1 Å². The summed E-state index contributed by atoms with van der Waals surface area (Å²) in [4.78, 5) is 2.67. The van der Waals surface area contributed by atoms with E-state index >= 15 is 0 Å². The van der Waals surface area contributed by atoms with Crippen molar-refractivity contribution in [3.05, 3.63) is 0 Å². The Morgan fingerprint density at radius 2 is 2.00 bits per heavy atom. The first kappa shape index (κ1) is 10.8. The van der Waals surface area contributed by atoms with Gasteiger partial charge in [-0.05, 0) is 30.1 Å². The summed E-state index contributed by atoms with van der Waals surface area (Å²) in [5.41, 5.74) is 1.15. The first-order valence-electron chi connectivity index (χ1n) is 5.79. The summed E-state index contributed by atoms with van der Waals surface area (Å²) in [5.74, 6) is 1.01. The Morgan fingerprint density at radius 3 is 2.64 bits per heavy atom. The number of nitrogens with zero attached hydrogens (tertiary/aromatic N) is 1. The van der Waals surface area contributed by atoms with Gasteiger partial charge in [0.25, 0.3) is 0 Å². The molecule has 14 heavy (non-hydrogen) atoms. The van der Waals surface area contributed by atoms with Crippen LogP contribution in [-0.4, -0.2) is 29.8 Å². The van der Waals surface area contributed by atoms with E-state index in [4.69, 9.17) is 0 Å². The van der Waals surface area contributed by atoms with Gasteiger partial charge in [0.1, 0.15) is 0 Å². The minimum atomic E-state index is 0.559. The SMILES string of the molecule is CC1(C)CC2CC(C)(CN2CCS)C1. The fourth-order valence-electron chi connectivity index (χ4n) is 3.97. The Bertz CT molecular complexity index is 226. The van der Waals surface area contributed by atoms with E-state index in [1.54, 1.807) is 0 Å². The van der Waals surface area contributed by atoms with Gasteiger partial charge in [0.05, 0.1) is 0 Å².